The number of hydrogen-bond acceptors (Lipinski definition) is 5. The number of aromatic nitrogens is 3. The third kappa shape index (κ3) is 4.78. The van der Waals surface area contributed by atoms with Crippen LogP contribution in [0.3, 0.4) is 0 Å². The van der Waals surface area contributed by atoms with Gasteiger partial charge in [-0.2, -0.15) is 10.4 Å². The molecule has 1 aliphatic heterocycles. The molecule has 1 atom stereocenters. The minimum absolute atomic E-state index is 0.139. The molecule has 1 fully saturated rings. The lowest BCUT2D eigenvalue weighted by Gasteiger charge is -2.32. The first-order valence-corrected chi connectivity index (χ1v) is 11.9. The first-order valence-electron chi connectivity index (χ1n) is 11.9. The van der Waals surface area contributed by atoms with Crippen molar-refractivity contribution >= 4 is 16.9 Å². The van der Waals surface area contributed by atoms with E-state index in [2.05, 4.69) is 42.9 Å². The van der Waals surface area contributed by atoms with Crippen LogP contribution in [0.4, 0.5) is 5.82 Å². The molecule has 1 saturated heterocycles. The first-order chi connectivity index (χ1) is 15.6. The molecule has 1 unspecified atom stereocenters. The molecule has 168 valence electrons. The zero-order chi connectivity index (χ0) is 22.5. The average molecular weight is 432 g/mol. The number of hydrogen-bond donors (Lipinski definition) is 0. The molecule has 0 N–H and O–H groups in total. The summed E-state index contributed by atoms with van der Waals surface area (Å²) >= 11 is 0. The molecule has 32 heavy (non-hydrogen) atoms. The molecule has 0 amide bonds. The lowest BCUT2D eigenvalue weighted by Crippen LogP contribution is -2.33. The summed E-state index contributed by atoms with van der Waals surface area (Å²) in [7, 11) is 0. The number of nitrogens with zero attached hydrogens (tertiary/aromatic N) is 5. The highest BCUT2D eigenvalue weighted by molar-refractivity contribution is 5.88. The Bertz CT molecular complexity index is 1070. The Morgan fingerprint density at radius 2 is 1.94 bits per heavy atom. The molecule has 0 bridgehead atoms. The van der Waals surface area contributed by atoms with E-state index in [1.165, 1.54) is 12.8 Å². The van der Waals surface area contributed by atoms with Gasteiger partial charge in [-0.3, -0.25) is 4.68 Å². The van der Waals surface area contributed by atoms with Crippen molar-refractivity contribution in [2.24, 2.45) is 5.92 Å². The van der Waals surface area contributed by atoms with E-state index in [0.29, 0.717) is 5.56 Å². The Hall–Kier alpha value is -2.91. The minimum Gasteiger partial charge on any atom is -0.376 e. The lowest BCUT2D eigenvalue weighted by atomic mass is 9.97. The van der Waals surface area contributed by atoms with Gasteiger partial charge in [0.05, 0.1) is 36.0 Å². The van der Waals surface area contributed by atoms with Crippen molar-refractivity contribution in [1.29, 1.82) is 5.26 Å². The van der Waals surface area contributed by atoms with Crippen LogP contribution in [0.25, 0.3) is 22.2 Å². The van der Waals surface area contributed by atoms with Gasteiger partial charge in [-0.15, -0.1) is 0 Å². The Labute approximate surface area is 190 Å². The van der Waals surface area contributed by atoms with E-state index >= 15 is 0 Å². The van der Waals surface area contributed by atoms with Crippen molar-refractivity contribution in [3.63, 3.8) is 0 Å². The van der Waals surface area contributed by atoms with Crippen LogP contribution in [0.15, 0.2) is 36.5 Å². The Morgan fingerprint density at radius 3 is 2.59 bits per heavy atom. The topological polar surface area (TPSA) is 67.0 Å². The predicted octanol–water partition coefficient (Wildman–Crippen LogP) is 5.41. The summed E-state index contributed by atoms with van der Waals surface area (Å²) in [6.45, 7) is 10.1. The molecule has 6 nitrogen and oxygen atoms in total. The van der Waals surface area contributed by atoms with E-state index in [9.17, 15) is 5.26 Å². The number of anilines is 1. The van der Waals surface area contributed by atoms with Gasteiger partial charge >= 0.3 is 0 Å². The smallest absolute Gasteiger partial charge is 0.137 e. The van der Waals surface area contributed by atoms with E-state index in [0.717, 1.165) is 73.0 Å². The number of pyridine rings is 1. The van der Waals surface area contributed by atoms with Crippen LogP contribution < -0.4 is 4.90 Å². The molecule has 0 radical (unpaired) electrons. The normalized spacial score (nSPS) is 15.8. The summed E-state index contributed by atoms with van der Waals surface area (Å²) in [6.07, 6.45) is 6.33. The van der Waals surface area contributed by atoms with Crippen LogP contribution >= 0.6 is 0 Å². The largest absolute Gasteiger partial charge is 0.376 e. The van der Waals surface area contributed by atoms with Crippen molar-refractivity contribution in [1.82, 2.24) is 14.8 Å². The zero-order valence-electron chi connectivity index (χ0n) is 19.4. The monoisotopic (exact) mass is 431 g/mol. The van der Waals surface area contributed by atoms with Crippen molar-refractivity contribution < 1.29 is 4.74 Å². The van der Waals surface area contributed by atoms with Crippen molar-refractivity contribution in [3.8, 4) is 17.2 Å². The number of rotatable bonds is 8. The fourth-order valence-electron chi connectivity index (χ4n) is 4.32. The Morgan fingerprint density at radius 1 is 1.19 bits per heavy atom. The SMILES string of the molecule is CCCOC(CC)Cn1ncc2nc(N3CCC(C)CC3)c(-c3ccc(C#N)cc3)cc21. The standard InChI is InChI=1S/C26H33N5O/c1-4-14-32-22(5-2)18-31-25-15-23(21-8-6-20(16-27)7-9-21)26(29-24(25)17-28-31)30-12-10-19(3)11-13-30/h6-9,15,17,19,22H,4-5,10-14,18H2,1-3H3. The van der Waals surface area contributed by atoms with E-state index in [1.54, 1.807) is 0 Å². The van der Waals surface area contributed by atoms with E-state index in [4.69, 9.17) is 9.72 Å². The number of nitriles is 1. The van der Waals surface area contributed by atoms with Crippen molar-refractivity contribution in [2.75, 3.05) is 24.6 Å². The van der Waals surface area contributed by atoms with E-state index in [-0.39, 0.29) is 6.10 Å². The van der Waals surface area contributed by atoms with E-state index < -0.39 is 0 Å². The lowest BCUT2D eigenvalue weighted by molar-refractivity contribution is 0.0380. The quantitative estimate of drug-likeness (QED) is 0.477. The van der Waals surface area contributed by atoms with Crippen LogP contribution in [-0.4, -0.2) is 40.6 Å². The van der Waals surface area contributed by atoms with Crippen LogP contribution in [-0.2, 0) is 11.3 Å². The van der Waals surface area contributed by atoms with Gasteiger partial charge in [0.2, 0.25) is 0 Å². The highest BCUT2D eigenvalue weighted by atomic mass is 16.5. The Balaban J connectivity index is 1.75. The highest BCUT2D eigenvalue weighted by Gasteiger charge is 2.22. The molecule has 2 aromatic heterocycles. The maximum Gasteiger partial charge on any atom is 0.137 e. The third-order valence-corrected chi connectivity index (χ3v) is 6.41. The van der Waals surface area contributed by atoms with Crippen molar-refractivity contribution in [3.05, 3.63) is 42.1 Å². The van der Waals surface area contributed by atoms with Gasteiger partial charge in [0.1, 0.15) is 11.3 Å². The number of fused-ring (bicyclic) bond motifs is 1. The zero-order valence-corrected chi connectivity index (χ0v) is 19.4. The summed E-state index contributed by atoms with van der Waals surface area (Å²) < 4.78 is 8.04. The summed E-state index contributed by atoms with van der Waals surface area (Å²) in [4.78, 5) is 7.50. The van der Waals surface area contributed by atoms with Crippen molar-refractivity contribution in [2.45, 2.75) is 59.1 Å². The molecule has 1 aliphatic rings. The maximum absolute atomic E-state index is 9.21. The van der Waals surface area contributed by atoms with Crippen LogP contribution in [0.1, 0.15) is 52.0 Å². The molecule has 3 heterocycles. The molecular weight excluding hydrogens is 398 g/mol. The highest BCUT2D eigenvalue weighted by Crippen LogP contribution is 2.34. The molecule has 0 spiro atoms. The van der Waals surface area contributed by atoms with Gasteiger partial charge in [-0.1, -0.05) is 32.9 Å². The second kappa shape index (κ2) is 10.1. The summed E-state index contributed by atoms with van der Waals surface area (Å²) in [6, 6.07) is 12.2. The number of piperidine rings is 1. The first kappa shape index (κ1) is 22.3. The second-order valence-corrected chi connectivity index (χ2v) is 8.85. The van der Waals surface area contributed by atoms with Gasteiger partial charge in [0, 0.05) is 25.3 Å². The molecular formula is C26H33N5O. The number of ether oxygens (including phenoxy) is 1. The molecule has 3 aromatic rings. The van der Waals surface area contributed by atoms with E-state index in [1.807, 2.05) is 35.1 Å². The van der Waals surface area contributed by atoms with Gasteiger partial charge in [-0.05, 0) is 55.4 Å². The van der Waals surface area contributed by atoms with Crippen LogP contribution in [0.5, 0.6) is 0 Å². The van der Waals surface area contributed by atoms with Crippen LogP contribution in [0, 0.1) is 17.2 Å². The molecule has 1 aromatic carbocycles. The fraction of sp³-hybridized carbons (Fsp3) is 0.500. The van der Waals surface area contributed by atoms with Gasteiger partial charge in [0.25, 0.3) is 0 Å². The predicted molar refractivity (Wildman–Crippen MR) is 129 cm³/mol. The Kier molecular flexibility index (Phi) is 7.06. The summed E-state index contributed by atoms with van der Waals surface area (Å²) in [5.41, 5.74) is 4.79. The molecule has 6 heteroatoms. The second-order valence-electron chi connectivity index (χ2n) is 8.85. The summed E-state index contributed by atoms with van der Waals surface area (Å²) in [5, 5.41) is 13.9. The molecule has 0 saturated carbocycles. The molecule has 4 rings (SSSR count). The van der Waals surface area contributed by atoms with Gasteiger partial charge < -0.3 is 9.64 Å². The van der Waals surface area contributed by atoms with Gasteiger partial charge in [0.15, 0.2) is 0 Å². The molecule has 0 aliphatic carbocycles. The number of benzene rings is 1. The summed E-state index contributed by atoms with van der Waals surface area (Å²) in [5.74, 6) is 1.77. The van der Waals surface area contributed by atoms with Gasteiger partial charge in [-0.25, -0.2) is 4.98 Å². The minimum atomic E-state index is 0.139. The van der Waals surface area contributed by atoms with Crippen LogP contribution in [0.2, 0.25) is 0 Å². The third-order valence-electron chi connectivity index (χ3n) is 6.41. The maximum atomic E-state index is 9.21. The fourth-order valence-corrected chi connectivity index (χ4v) is 4.32. The average Bonchev–Trinajstić information content (AvgIpc) is 3.23.